The molecule has 0 aliphatic rings. The number of hydrogen-bond acceptors (Lipinski definition) is 1. The molecule has 0 heterocycles. The van der Waals surface area contributed by atoms with Crippen LogP contribution in [0.15, 0.2) is 18.2 Å². The van der Waals surface area contributed by atoms with Crippen LogP contribution in [-0.2, 0) is 4.74 Å². The van der Waals surface area contributed by atoms with Crippen molar-refractivity contribution in [1.82, 2.24) is 0 Å². The second kappa shape index (κ2) is 4.64. The number of ether oxygens (including phenoxy) is 1. The fourth-order valence-corrected chi connectivity index (χ4v) is 1.77. The van der Waals surface area contributed by atoms with E-state index < -0.39 is 12.2 Å². The first kappa shape index (κ1) is 12.7. The van der Waals surface area contributed by atoms with Gasteiger partial charge in [0.05, 0.1) is 6.10 Å². The van der Waals surface area contributed by atoms with Crippen LogP contribution in [0.5, 0.6) is 0 Å². The maximum Gasteiger partial charge on any atom is 0.353 e. The Morgan fingerprint density at radius 1 is 1.33 bits per heavy atom. The summed E-state index contributed by atoms with van der Waals surface area (Å²) in [5, 5.41) is 0.776. The van der Waals surface area contributed by atoms with Crippen LogP contribution in [0.2, 0.25) is 10.0 Å². The quantitative estimate of drug-likeness (QED) is 0.761. The SMILES string of the molecule is CC(OC(C)(F)F)c1ccc(Cl)cc1Cl. The summed E-state index contributed by atoms with van der Waals surface area (Å²) >= 11 is 11.5. The minimum atomic E-state index is -3.18. The van der Waals surface area contributed by atoms with Crippen molar-refractivity contribution in [2.24, 2.45) is 0 Å². The molecular formula is C10H10Cl2F2O. The van der Waals surface area contributed by atoms with Crippen LogP contribution in [0, 0.1) is 0 Å². The van der Waals surface area contributed by atoms with Crippen LogP contribution in [0.4, 0.5) is 8.78 Å². The van der Waals surface area contributed by atoms with E-state index in [4.69, 9.17) is 23.2 Å². The van der Waals surface area contributed by atoms with E-state index in [0.29, 0.717) is 22.5 Å². The third-order valence-corrected chi connectivity index (χ3v) is 2.35. The maximum absolute atomic E-state index is 12.6. The molecule has 1 nitrogen and oxygen atoms in total. The molecule has 1 unspecified atom stereocenters. The highest BCUT2D eigenvalue weighted by atomic mass is 35.5. The van der Waals surface area contributed by atoms with Crippen LogP contribution in [0.25, 0.3) is 0 Å². The highest BCUT2D eigenvalue weighted by Crippen LogP contribution is 2.31. The molecule has 0 aliphatic carbocycles. The molecule has 0 amide bonds. The van der Waals surface area contributed by atoms with E-state index >= 15 is 0 Å². The number of rotatable bonds is 3. The monoisotopic (exact) mass is 254 g/mol. The van der Waals surface area contributed by atoms with Crippen molar-refractivity contribution >= 4 is 23.2 Å². The molecule has 0 radical (unpaired) electrons. The van der Waals surface area contributed by atoms with Crippen molar-refractivity contribution in [3.8, 4) is 0 Å². The highest BCUT2D eigenvalue weighted by Gasteiger charge is 2.26. The topological polar surface area (TPSA) is 9.23 Å². The molecule has 0 saturated carbocycles. The number of benzene rings is 1. The molecule has 0 aromatic heterocycles. The third-order valence-electron chi connectivity index (χ3n) is 1.78. The minimum absolute atomic E-state index is 0.319. The summed E-state index contributed by atoms with van der Waals surface area (Å²) in [5.74, 6) is 0. The van der Waals surface area contributed by atoms with E-state index in [0.717, 1.165) is 0 Å². The van der Waals surface area contributed by atoms with Gasteiger partial charge in [0.2, 0.25) is 0 Å². The Balaban J connectivity index is 2.87. The predicted molar refractivity (Wildman–Crippen MR) is 56.6 cm³/mol. The van der Waals surface area contributed by atoms with Gasteiger partial charge in [0, 0.05) is 17.0 Å². The molecule has 0 N–H and O–H groups in total. The van der Waals surface area contributed by atoms with Gasteiger partial charge >= 0.3 is 6.11 Å². The Morgan fingerprint density at radius 2 is 1.93 bits per heavy atom. The largest absolute Gasteiger partial charge is 0.353 e. The van der Waals surface area contributed by atoms with Gasteiger partial charge in [0.1, 0.15) is 0 Å². The van der Waals surface area contributed by atoms with E-state index in [1.807, 2.05) is 0 Å². The maximum atomic E-state index is 12.6. The molecule has 1 aromatic carbocycles. The fraction of sp³-hybridized carbons (Fsp3) is 0.400. The van der Waals surface area contributed by atoms with Crippen molar-refractivity contribution in [1.29, 1.82) is 0 Å². The second-order valence-electron chi connectivity index (χ2n) is 3.23. The summed E-state index contributed by atoms with van der Waals surface area (Å²) in [6.45, 7) is 2.19. The summed E-state index contributed by atoms with van der Waals surface area (Å²) in [5.41, 5.74) is 0.489. The van der Waals surface area contributed by atoms with Crippen LogP contribution in [0.1, 0.15) is 25.5 Å². The molecule has 0 bridgehead atoms. The lowest BCUT2D eigenvalue weighted by Gasteiger charge is -2.19. The van der Waals surface area contributed by atoms with E-state index in [9.17, 15) is 8.78 Å². The molecule has 0 aliphatic heterocycles. The summed E-state index contributed by atoms with van der Waals surface area (Å²) in [6, 6.07) is 4.64. The van der Waals surface area contributed by atoms with Gasteiger partial charge < -0.3 is 4.74 Å². The van der Waals surface area contributed by atoms with Crippen LogP contribution in [0.3, 0.4) is 0 Å². The zero-order valence-corrected chi connectivity index (χ0v) is 9.74. The smallest absolute Gasteiger partial charge is 0.313 e. The molecule has 15 heavy (non-hydrogen) atoms. The molecule has 0 fully saturated rings. The van der Waals surface area contributed by atoms with E-state index in [2.05, 4.69) is 4.74 Å². The first-order valence-corrected chi connectivity index (χ1v) is 5.06. The van der Waals surface area contributed by atoms with Gasteiger partial charge in [-0.25, -0.2) is 0 Å². The molecule has 5 heteroatoms. The van der Waals surface area contributed by atoms with Crippen molar-refractivity contribution in [2.75, 3.05) is 0 Å². The van der Waals surface area contributed by atoms with E-state index in [1.54, 1.807) is 12.1 Å². The van der Waals surface area contributed by atoms with Gasteiger partial charge in [0.15, 0.2) is 0 Å². The third kappa shape index (κ3) is 3.93. The minimum Gasteiger partial charge on any atom is -0.313 e. The Labute approximate surface area is 96.9 Å². The summed E-state index contributed by atoms with van der Waals surface area (Å²) in [6.07, 6.45) is -3.96. The molecule has 1 rings (SSSR count). The van der Waals surface area contributed by atoms with Gasteiger partial charge in [-0.2, -0.15) is 8.78 Å². The van der Waals surface area contributed by atoms with Gasteiger partial charge in [0.25, 0.3) is 0 Å². The number of hydrogen-bond donors (Lipinski definition) is 0. The fourth-order valence-electron chi connectivity index (χ4n) is 1.21. The lowest BCUT2D eigenvalue weighted by molar-refractivity contribution is -0.248. The summed E-state index contributed by atoms with van der Waals surface area (Å²) in [7, 11) is 0. The number of alkyl halides is 2. The van der Waals surface area contributed by atoms with Gasteiger partial charge in [-0.15, -0.1) is 0 Å². The van der Waals surface area contributed by atoms with Crippen LogP contribution >= 0.6 is 23.2 Å². The Morgan fingerprint density at radius 3 is 2.40 bits per heavy atom. The van der Waals surface area contributed by atoms with Crippen molar-refractivity contribution in [2.45, 2.75) is 26.1 Å². The number of halogens is 4. The Kier molecular flexibility index (Phi) is 3.93. The lowest BCUT2D eigenvalue weighted by atomic mass is 10.1. The highest BCUT2D eigenvalue weighted by molar-refractivity contribution is 6.35. The van der Waals surface area contributed by atoms with Crippen molar-refractivity contribution in [3.63, 3.8) is 0 Å². The van der Waals surface area contributed by atoms with E-state index in [-0.39, 0.29) is 0 Å². The van der Waals surface area contributed by atoms with Gasteiger partial charge in [-0.1, -0.05) is 29.3 Å². The standard InChI is InChI=1S/C10H10Cl2F2O/c1-6(15-10(2,13)14)8-4-3-7(11)5-9(8)12/h3-6H,1-2H3. The predicted octanol–water partition coefficient (Wildman–Crippen LogP) is 4.68. The molecule has 0 saturated heterocycles. The zero-order valence-electron chi connectivity index (χ0n) is 8.23. The average Bonchev–Trinajstić information content (AvgIpc) is 1.99. The summed E-state index contributed by atoms with van der Waals surface area (Å²) < 4.78 is 29.6. The van der Waals surface area contributed by atoms with Crippen LogP contribution < -0.4 is 0 Å². The molecule has 1 aromatic rings. The first-order chi connectivity index (χ1) is 6.79. The average molecular weight is 255 g/mol. The van der Waals surface area contributed by atoms with Crippen LogP contribution in [-0.4, -0.2) is 6.11 Å². The molecular weight excluding hydrogens is 245 g/mol. The van der Waals surface area contributed by atoms with Crippen molar-refractivity contribution in [3.05, 3.63) is 33.8 Å². The van der Waals surface area contributed by atoms with Gasteiger partial charge in [-0.3, -0.25) is 0 Å². The molecule has 0 spiro atoms. The lowest BCUT2D eigenvalue weighted by Crippen LogP contribution is -2.18. The van der Waals surface area contributed by atoms with E-state index in [1.165, 1.54) is 13.0 Å². The molecule has 84 valence electrons. The first-order valence-electron chi connectivity index (χ1n) is 4.30. The Hall–Kier alpha value is -0.380. The van der Waals surface area contributed by atoms with Gasteiger partial charge in [-0.05, 0) is 24.6 Å². The Bertz CT molecular complexity index is 350. The normalized spacial score (nSPS) is 14.0. The van der Waals surface area contributed by atoms with Crippen molar-refractivity contribution < 1.29 is 13.5 Å². The molecule has 1 atom stereocenters. The summed E-state index contributed by atoms with van der Waals surface area (Å²) in [4.78, 5) is 0. The zero-order chi connectivity index (χ0) is 11.6. The second-order valence-corrected chi connectivity index (χ2v) is 4.08.